The molecule has 0 aliphatic heterocycles. The number of pyridine rings is 1. The first-order valence-corrected chi connectivity index (χ1v) is 7.03. The largest absolute Gasteiger partial charge is 0.352 e. The Morgan fingerprint density at radius 2 is 2.26 bits per heavy atom. The Bertz CT molecular complexity index is 393. The second-order valence-corrected chi connectivity index (χ2v) is 4.97. The number of carbonyl (C=O) groups excluding carboxylic acids is 1. The molecule has 0 fully saturated rings. The van der Waals surface area contributed by atoms with E-state index in [2.05, 4.69) is 17.2 Å². The Morgan fingerprint density at radius 3 is 2.89 bits per heavy atom. The highest BCUT2D eigenvalue weighted by atomic mass is 16.1. The predicted octanol–water partition coefficient (Wildman–Crippen LogP) is 2.16. The molecule has 0 aromatic carbocycles. The molecule has 19 heavy (non-hydrogen) atoms. The molecule has 4 nitrogen and oxygen atoms in total. The van der Waals surface area contributed by atoms with Gasteiger partial charge in [0.2, 0.25) is 5.91 Å². The minimum Gasteiger partial charge on any atom is -0.352 e. The number of aromatic nitrogens is 1. The van der Waals surface area contributed by atoms with Crippen molar-refractivity contribution >= 4 is 5.91 Å². The molecule has 3 N–H and O–H groups in total. The lowest BCUT2D eigenvalue weighted by molar-refractivity contribution is -0.121. The van der Waals surface area contributed by atoms with Crippen molar-refractivity contribution in [1.29, 1.82) is 0 Å². The molecule has 1 aromatic rings. The summed E-state index contributed by atoms with van der Waals surface area (Å²) in [5.74, 6) is 0.685. The van der Waals surface area contributed by atoms with Crippen molar-refractivity contribution in [2.75, 3.05) is 6.54 Å². The SMILES string of the molecule is CCC(CCN)CCC(=O)NCc1ccncc1C. The van der Waals surface area contributed by atoms with E-state index in [0.29, 0.717) is 25.4 Å². The molecule has 0 radical (unpaired) electrons. The van der Waals surface area contributed by atoms with Crippen LogP contribution in [0.4, 0.5) is 0 Å². The maximum Gasteiger partial charge on any atom is 0.220 e. The number of hydrogen-bond acceptors (Lipinski definition) is 3. The summed E-state index contributed by atoms with van der Waals surface area (Å²) in [4.78, 5) is 15.8. The highest BCUT2D eigenvalue weighted by molar-refractivity contribution is 5.75. The van der Waals surface area contributed by atoms with Crippen molar-refractivity contribution < 1.29 is 4.79 Å². The minimum absolute atomic E-state index is 0.117. The lowest BCUT2D eigenvalue weighted by Crippen LogP contribution is -2.24. The molecule has 0 bridgehead atoms. The van der Waals surface area contributed by atoms with Gasteiger partial charge < -0.3 is 11.1 Å². The smallest absolute Gasteiger partial charge is 0.220 e. The molecular formula is C15H25N3O. The molecule has 1 amide bonds. The van der Waals surface area contributed by atoms with Crippen molar-refractivity contribution in [1.82, 2.24) is 10.3 Å². The highest BCUT2D eigenvalue weighted by Crippen LogP contribution is 2.14. The zero-order valence-electron chi connectivity index (χ0n) is 12.0. The van der Waals surface area contributed by atoms with Gasteiger partial charge in [-0.05, 0) is 49.4 Å². The van der Waals surface area contributed by atoms with Crippen molar-refractivity contribution in [3.63, 3.8) is 0 Å². The van der Waals surface area contributed by atoms with Crippen LogP contribution in [-0.4, -0.2) is 17.4 Å². The molecule has 4 heteroatoms. The van der Waals surface area contributed by atoms with Crippen molar-refractivity contribution in [2.24, 2.45) is 11.7 Å². The first kappa shape index (κ1) is 15.6. The number of hydrogen-bond donors (Lipinski definition) is 2. The first-order valence-electron chi connectivity index (χ1n) is 7.03. The van der Waals surface area contributed by atoms with Crippen LogP contribution in [0.25, 0.3) is 0 Å². The fraction of sp³-hybridized carbons (Fsp3) is 0.600. The molecule has 1 atom stereocenters. The van der Waals surface area contributed by atoms with Gasteiger partial charge in [0, 0.05) is 25.4 Å². The zero-order valence-corrected chi connectivity index (χ0v) is 12.0. The van der Waals surface area contributed by atoms with Gasteiger partial charge in [0.25, 0.3) is 0 Å². The average Bonchev–Trinajstić information content (AvgIpc) is 2.42. The molecule has 1 rings (SSSR count). The topological polar surface area (TPSA) is 68.0 Å². The summed E-state index contributed by atoms with van der Waals surface area (Å²) in [5.41, 5.74) is 7.79. The van der Waals surface area contributed by atoms with Gasteiger partial charge in [-0.1, -0.05) is 13.3 Å². The van der Waals surface area contributed by atoms with Crippen LogP contribution < -0.4 is 11.1 Å². The highest BCUT2D eigenvalue weighted by Gasteiger charge is 2.09. The molecule has 106 valence electrons. The molecule has 1 heterocycles. The van der Waals surface area contributed by atoms with Crippen LogP contribution in [0.15, 0.2) is 18.5 Å². The molecule has 0 spiro atoms. The quantitative estimate of drug-likeness (QED) is 0.755. The number of rotatable bonds is 8. The molecule has 0 aliphatic carbocycles. The van der Waals surface area contributed by atoms with Crippen LogP contribution in [0, 0.1) is 12.8 Å². The fourth-order valence-electron chi connectivity index (χ4n) is 2.11. The third-order valence-electron chi connectivity index (χ3n) is 3.54. The molecule has 0 saturated carbocycles. The van der Waals surface area contributed by atoms with Gasteiger partial charge in [-0.3, -0.25) is 9.78 Å². The summed E-state index contributed by atoms with van der Waals surface area (Å²) < 4.78 is 0. The average molecular weight is 263 g/mol. The van der Waals surface area contributed by atoms with Gasteiger partial charge in [0.15, 0.2) is 0 Å². The van der Waals surface area contributed by atoms with Crippen LogP contribution in [0.2, 0.25) is 0 Å². The number of nitrogens with two attached hydrogens (primary N) is 1. The van der Waals surface area contributed by atoms with Gasteiger partial charge in [-0.2, -0.15) is 0 Å². The summed E-state index contributed by atoms with van der Waals surface area (Å²) in [6, 6.07) is 1.94. The first-order chi connectivity index (χ1) is 9.17. The molecule has 1 unspecified atom stereocenters. The van der Waals surface area contributed by atoms with Crippen LogP contribution in [-0.2, 0) is 11.3 Å². The molecular weight excluding hydrogens is 238 g/mol. The Morgan fingerprint density at radius 1 is 1.47 bits per heavy atom. The summed E-state index contributed by atoms with van der Waals surface area (Å²) in [6.07, 6.45) is 7.18. The van der Waals surface area contributed by atoms with E-state index in [1.165, 1.54) is 0 Å². The lowest BCUT2D eigenvalue weighted by atomic mass is 9.96. The standard InChI is InChI=1S/C15H25N3O/c1-3-13(6-8-16)4-5-15(19)18-11-14-7-9-17-10-12(14)2/h7,9-10,13H,3-6,8,11,16H2,1-2H3,(H,18,19). The van der Waals surface area contributed by atoms with Crippen LogP contribution in [0.3, 0.4) is 0 Å². The monoisotopic (exact) mass is 263 g/mol. The van der Waals surface area contributed by atoms with E-state index in [9.17, 15) is 4.79 Å². The van der Waals surface area contributed by atoms with Crippen molar-refractivity contribution in [3.8, 4) is 0 Å². The second-order valence-electron chi connectivity index (χ2n) is 4.97. The van der Waals surface area contributed by atoms with Crippen LogP contribution >= 0.6 is 0 Å². The summed E-state index contributed by atoms with van der Waals surface area (Å²) >= 11 is 0. The Labute approximate surface area is 115 Å². The van der Waals surface area contributed by atoms with Gasteiger partial charge in [0.1, 0.15) is 0 Å². The van der Waals surface area contributed by atoms with E-state index in [1.807, 2.05) is 19.2 Å². The summed E-state index contributed by atoms with van der Waals surface area (Å²) in [6.45, 7) is 5.44. The zero-order chi connectivity index (χ0) is 14.1. The summed E-state index contributed by atoms with van der Waals surface area (Å²) in [7, 11) is 0. The third-order valence-corrected chi connectivity index (χ3v) is 3.54. The molecule has 0 saturated heterocycles. The Kier molecular flexibility index (Phi) is 7.11. The maximum atomic E-state index is 11.8. The normalized spacial score (nSPS) is 12.2. The van der Waals surface area contributed by atoms with Crippen LogP contribution in [0.5, 0.6) is 0 Å². The predicted molar refractivity (Wildman–Crippen MR) is 77.5 cm³/mol. The van der Waals surface area contributed by atoms with Gasteiger partial charge in [0.05, 0.1) is 0 Å². The Balaban J connectivity index is 2.30. The third kappa shape index (κ3) is 5.83. The van der Waals surface area contributed by atoms with E-state index in [4.69, 9.17) is 5.73 Å². The van der Waals surface area contributed by atoms with Gasteiger partial charge in [-0.25, -0.2) is 0 Å². The van der Waals surface area contributed by atoms with E-state index < -0.39 is 0 Å². The van der Waals surface area contributed by atoms with Gasteiger partial charge >= 0.3 is 0 Å². The van der Waals surface area contributed by atoms with E-state index in [0.717, 1.165) is 30.4 Å². The fourth-order valence-corrected chi connectivity index (χ4v) is 2.11. The number of carbonyl (C=O) groups is 1. The lowest BCUT2D eigenvalue weighted by Gasteiger charge is -2.13. The van der Waals surface area contributed by atoms with Crippen molar-refractivity contribution in [2.45, 2.75) is 46.1 Å². The number of nitrogens with one attached hydrogen (secondary N) is 1. The molecule has 0 aliphatic rings. The number of nitrogens with zero attached hydrogens (tertiary/aromatic N) is 1. The van der Waals surface area contributed by atoms with Crippen molar-refractivity contribution in [3.05, 3.63) is 29.6 Å². The van der Waals surface area contributed by atoms with Crippen LogP contribution in [0.1, 0.15) is 43.7 Å². The number of aryl methyl sites for hydroxylation is 1. The van der Waals surface area contributed by atoms with E-state index in [-0.39, 0.29) is 5.91 Å². The maximum absolute atomic E-state index is 11.8. The second kappa shape index (κ2) is 8.64. The summed E-state index contributed by atoms with van der Waals surface area (Å²) in [5, 5.41) is 2.96. The minimum atomic E-state index is 0.117. The van der Waals surface area contributed by atoms with Gasteiger partial charge in [-0.15, -0.1) is 0 Å². The van der Waals surface area contributed by atoms with E-state index in [1.54, 1.807) is 6.20 Å². The number of amides is 1. The van der Waals surface area contributed by atoms with E-state index >= 15 is 0 Å². The molecule has 1 aromatic heterocycles. The Hall–Kier alpha value is -1.42.